The van der Waals surface area contributed by atoms with E-state index >= 15 is 0 Å². The summed E-state index contributed by atoms with van der Waals surface area (Å²) in [6, 6.07) is 5.87. The molecule has 2 aromatic heterocycles. The van der Waals surface area contributed by atoms with Crippen LogP contribution in [-0.4, -0.2) is 4.98 Å². The van der Waals surface area contributed by atoms with Gasteiger partial charge in [-0.3, -0.25) is 0 Å². The summed E-state index contributed by atoms with van der Waals surface area (Å²) in [7, 11) is 0. The van der Waals surface area contributed by atoms with E-state index in [-0.39, 0.29) is 11.9 Å². The lowest BCUT2D eigenvalue weighted by molar-refractivity contribution is -0.137. The summed E-state index contributed by atoms with van der Waals surface area (Å²) in [5.74, 6) is 0.245. The molecule has 0 aliphatic rings. The van der Waals surface area contributed by atoms with E-state index < -0.39 is 11.7 Å². The number of pyridine rings is 1. The molecule has 0 fully saturated rings. The maximum absolute atomic E-state index is 12.6. The minimum absolute atomic E-state index is 0.0176. The topological polar surface area (TPSA) is 24.9 Å². The molecule has 0 aromatic carbocycles. The molecule has 2 nitrogen and oxygen atoms in total. The average Bonchev–Trinajstić information content (AvgIpc) is 2.89. The second-order valence-electron chi connectivity index (χ2n) is 4.05. The number of hydrogen-bond donors (Lipinski definition) is 1. The molecule has 19 heavy (non-hydrogen) atoms. The Labute approximate surface area is 113 Å². The van der Waals surface area contributed by atoms with Crippen LogP contribution in [0.25, 0.3) is 0 Å². The molecule has 0 saturated heterocycles. The van der Waals surface area contributed by atoms with Gasteiger partial charge in [-0.05, 0) is 30.0 Å². The van der Waals surface area contributed by atoms with Crippen molar-refractivity contribution in [1.29, 1.82) is 0 Å². The van der Waals surface area contributed by atoms with Crippen LogP contribution in [0.3, 0.4) is 0 Å². The fourth-order valence-corrected chi connectivity index (χ4v) is 2.59. The van der Waals surface area contributed by atoms with E-state index in [1.54, 1.807) is 11.3 Å². The van der Waals surface area contributed by atoms with Crippen LogP contribution in [0.4, 0.5) is 19.0 Å². The van der Waals surface area contributed by atoms with Crippen molar-refractivity contribution in [3.05, 3.63) is 46.3 Å². The zero-order valence-electron chi connectivity index (χ0n) is 10.2. The third-order valence-corrected chi connectivity index (χ3v) is 3.69. The van der Waals surface area contributed by atoms with Crippen molar-refractivity contribution in [3.8, 4) is 0 Å². The summed E-state index contributed by atoms with van der Waals surface area (Å²) in [4.78, 5) is 5.03. The fraction of sp³-hybridized carbons (Fsp3) is 0.308. The van der Waals surface area contributed by atoms with Crippen molar-refractivity contribution in [2.45, 2.75) is 25.6 Å². The number of halogens is 3. The van der Waals surface area contributed by atoms with Crippen molar-refractivity contribution < 1.29 is 13.2 Å². The Hall–Kier alpha value is -1.56. The first-order valence-electron chi connectivity index (χ1n) is 5.84. The molecule has 1 unspecified atom stereocenters. The zero-order chi connectivity index (χ0) is 13.9. The Bertz CT molecular complexity index is 523. The highest BCUT2D eigenvalue weighted by Crippen LogP contribution is 2.31. The van der Waals surface area contributed by atoms with Crippen molar-refractivity contribution >= 4 is 17.2 Å². The lowest BCUT2D eigenvalue weighted by atomic mass is 10.2. The molecule has 6 heteroatoms. The molecule has 0 bridgehead atoms. The van der Waals surface area contributed by atoms with Crippen LogP contribution in [-0.2, 0) is 6.18 Å². The van der Waals surface area contributed by atoms with E-state index in [0.29, 0.717) is 0 Å². The molecular formula is C13H13F3N2S. The number of alkyl halides is 3. The molecule has 1 atom stereocenters. The standard InChI is InChI=1S/C13H13F3N2S/c1-2-10(11-4-3-7-19-11)18-12-8-9(5-6-17-12)13(14,15)16/h3-8,10H,2H2,1H3,(H,17,18). The van der Waals surface area contributed by atoms with Gasteiger partial charge in [-0.25, -0.2) is 4.98 Å². The molecule has 1 N–H and O–H groups in total. The summed E-state index contributed by atoms with van der Waals surface area (Å²) in [6.07, 6.45) is -2.39. The molecule has 2 rings (SSSR count). The van der Waals surface area contributed by atoms with Gasteiger partial charge in [0.1, 0.15) is 5.82 Å². The third kappa shape index (κ3) is 3.47. The predicted octanol–water partition coefficient (Wildman–Crippen LogP) is 4.73. The molecule has 2 aromatic rings. The number of hydrogen-bond acceptors (Lipinski definition) is 3. The molecule has 102 valence electrons. The molecular weight excluding hydrogens is 273 g/mol. The Morgan fingerprint density at radius 2 is 2.16 bits per heavy atom. The van der Waals surface area contributed by atoms with Crippen molar-refractivity contribution in [3.63, 3.8) is 0 Å². The normalized spacial score (nSPS) is 13.3. The highest BCUT2D eigenvalue weighted by Gasteiger charge is 2.30. The van der Waals surface area contributed by atoms with Crippen LogP contribution in [0.5, 0.6) is 0 Å². The van der Waals surface area contributed by atoms with Gasteiger partial charge in [-0.2, -0.15) is 13.2 Å². The lowest BCUT2D eigenvalue weighted by Gasteiger charge is -2.17. The number of anilines is 1. The Balaban J connectivity index is 2.19. The molecule has 2 heterocycles. The molecule has 0 radical (unpaired) electrons. The average molecular weight is 286 g/mol. The third-order valence-electron chi connectivity index (χ3n) is 2.70. The van der Waals surface area contributed by atoms with Gasteiger partial charge in [0.25, 0.3) is 0 Å². The molecule has 0 saturated carbocycles. The molecule has 0 aliphatic heterocycles. The number of thiophene rings is 1. The highest BCUT2D eigenvalue weighted by molar-refractivity contribution is 7.10. The predicted molar refractivity (Wildman–Crippen MR) is 70.2 cm³/mol. The number of nitrogens with zero attached hydrogens (tertiary/aromatic N) is 1. The van der Waals surface area contributed by atoms with Crippen LogP contribution < -0.4 is 5.32 Å². The summed E-state index contributed by atoms with van der Waals surface area (Å²) in [6.45, 7) is 1.98. The zero-order valence-corrected chi connectivity index (χ0v) is 11.1. The van der Waals surface area contributed by atoms with E-state index in [4.69, 9.17) is 0 Å². The summed E-state index contributed by atoms with van der Waals surface area (Å²) >= 11 is 1.57. The van der Waals surface area contributed by atoms with E-state index in [2.05, 4.69) is 10.3 Å². The Morgan fingerprint density at radius 1 is 1.37 bits per heavy atom. The SMILES string of the molecule is CCC(Nc1cc(C(F)(F)F)ccn1)c1cccs1. The minimum atomic E-state index is -4.34. The largest absolute Gasteiger partial charge is 0.416 e. The quantitative estimate of drug-likeness (QED) is 0.879. The van der Waals surface area contributed by atoms with Gasteiger partial charge in [0.2, 0.25) is 0 Å². The van der Waals surface area contributed by atoms with Gasteiger partial charge in [0.15, 0.2) is 0 Å². The molecule has 0 amide bonds. The maximum Gasteiger partial charge on any atom is 0.416 e. The van der Waals surface area contributed by atoms with E-state index in [9.17, 15) is 13.2 Å². The van der Waals surface area contributed by atoms with E-state index in [1.807, 2.05) is 24.4 Å². The number of rotatable bonds is 4. The first-order valence-corrected chi connectivity index (χ1v) is 6.72. The second kappa shape index (κ2) is 5.61. The molecule has 0 spiro atoms. The van der Waals surface area contributed by atoms with Gasteiger partial charge >= 0.3 is 6.18 Å². The van der Waals surface area contributed by atoms with Crippen LogP contribution in [0.15, 0.2) is 35.8 Å². The van der Waals surface area contributed by atoms with Crippen LogP contribution in [0, 0.1) is 0 Å². The van der Waals surface area contributed by atoms with Crippen LogP contribution in [0.2, 0.25) is 0 Å². The van der Waals surface area contributed by atoms with Crippen LogP contribution >= 0.6 is 11.3 Å². The Kier molecular flexibility index (Phi) is 4.09. The van der Waals surface area contributed by atoms with Crippen molar-refractivity contribution in [2.24, 2.45) is 0 Å². The second-order valence-corrected chi connectivity index (χ2v) is 5.03. The lowest BCUT2D eigenvalue weighted by Crippen LogP contribution is -2.11. The number of aromatic nitrogens is 1. The van der Waals surface area contributed by atoms with Gasteiger partial charge in [-0.15, -0.1) is 11.3 Å². The number of nitrogens with one attached hydrogen (secondary N) is 1. The van der Waals surface area contributed by atoms with Gasteiger partial charge in [-0.1, -0.05) is 13.0 Å². The van der Waals surface area contributed by atoms with Gasteiger partial charge in [0, 0.05) is 11.1 Å². The summed E-state index contributed by atoms with van der Waals surface area (Å²) in [5.41, 5.74) is -0.689. The van der Waals surface area contributed by atoms with Crippen molar-refractivity contribution in [1.82, 2.24) is 4.98 Å². The van der Waals surface area contributed by atoms with E-state index in [0.717, 1.165) is 23.4 Å². The van der Waals surface area contributed by atoms with E-state index in [1.165, 1.54) is 6.20 Å². The minimum Gasteiger partial charge on any atom is -0.362 e. The first-order chi connectivity index (χ1) is 9.00. The highest BCUT2D eigenvalue weighted by atomic mass is 32.1. The molecule has 0 aliphatic carbocycles. The summed E-state index contributed by atoms with van der Waals surface area (Å²) < 4.78 is 37.8. The van der Waals surface area contributed by atoms with Gasteiger partial charge in [0.05, 0.1) is 11.6 Å². The smallest absolute Gasteiger partial charge is 0.362 e. The van der Waals surface area contributed by atoms with Gasteiger partial charge < -0.3 is 5.32 Å². The van der Waals surface area contributed by atoms with Crippen molar-refractivity contribution in [2.75, 3.05) is 5.32 Å². The first kappa shape index (κ1) is 13.9. The maximum atomic E-state index is 12.6. The van der Waals surface area contributed by atoms with Crippen LogP contribution in [0.1, 0.15) is 29.8 Å². The Morgan fingerprint density at radius 3 is 2.74 bits per heavy atom. The summed E-state index contributed by atoms with van der Waals surface area (Å²) in [5, 5.41) is 4.99. The fourth-order valence-electron chi connectivity index (χ4n) is 1.73. The monoisotopic (exact) mass is 286 g/mol.